The van der Waals surface area contributed by atoms with Gasteiger partial charge in [-0.3, -0.25) is 9.59 Å². The van der Waals surface area contributed by atoms with E-state index in [0.29, 0.717) is 35.9 Å². The smallest absolute Gasteiger partial charge is 0.416 e. The van der Waals surface area contributed by atoms with E-state index in [1.807, 2.05) is 0 Å². The molecular formula is C25H24F3N3O4. The Morgan fingerprint density at radius 2 is 1.51 bits per heavy atom. The Bertz CT molecular complexity index is 1130. The van der Waals surface area contributed by atoms with Crippen molar-refractivity contribution in [2.75, 3.05) is 27.3 Å². The van der Waals surface area contributed by atoms with Crippen LogP contribution in [0.1, 0.15) is 38.5 Å². The maximum absolute atomic E-state index is 12.6. The number of rotatable bonds is 10. The summed E-state index contributed by atoms with van der Waals surface area (Å²) >= 11 is 0. The van der Waals surface area contributed by atoms with E-state index in [-0.39, 0.29) is 30.3 Å². The maximum atomic E-state index is 12.6. The third-order valence-corrected chi connectivity index (χ3v) is 5.12. The van der Waals surface area contributed by atoms with Crippen LogP contribution < -0.4 is 9.47 Å². The van der Waals surface area contributed by atoms with Crippen molar-refractivity contribution in [3.05, 3.63) is 83.4 Å². The summed E-state index contributed by atoms with van der Waals surface area (Å²) in [6.45, 7) is 0.586. The lowest BCUT2D eigenvalue weighted by atomic mass is 10.1. The first-order chi connectivity index (χ1) is 16.7. The van der Waals surface area contributed by atoms with Crippen molar-refractivity contribution in [1.82, 2.24) is 14.9 Å². The van der Waals surface area contributed by atoms with E-state index in [4.69, 9.17) is 9.47 Å². The van der Waals surface area contributed by atoms with Crippen molar-refractivity contribution in [1.29, 1.82) is 0 Å². The molecule has 0 aliphatic heterocycles. The molecule has 2 aromatic carbocycles. The number of aromatic nitrogens is 2. The molecule has 3 aromatic rings. The number of benzene rings is 2. The molecular weight excluding hydrogens is 463 g/mol. The Morgan fingerprint density at radius 1 is 0.914 bits per heavy atom. The highest BCUT2D eigenvalue weighted by atomic mass is 19.4. The topological polar surface area (TPSA) is 81.6 Å². The fraction of sp³-hybridized carbons (Fsp3) is 0.280. The SMILES string of the molecule is COc1ccc(C(=O)Cc2ncc(C(=O)N(C)CCCOc3ccc(C(F)(F)F)cc3)cn2)cc1. The zero-order valence-electron chi connectivity index (χ0n) is 19.2. The number of halogens is 3. The molecule has 7 nitrogen and oxygen atoms in total. The first-order valence-corrected chi connectivity index (χ1v) is 10.7. The van der Waals surface area contributed by atoms with Gasteiger partial charge in [-0.2, -0.15) is 13.2 Å². The molecule has 1 amide bonds. The van der Waals surface area contributed by atoms with Crippen LogP contribution in [0.5, 0.6) is 11.5 Å². The fourth-order valence-corrected chi connectivity index (χ4v) is 3.13. The van der Waals surface area contributed by atoms with Crippen LogP contribution in [0.15, 0.2) is 60.9 Å². The predicted molar refractivity (Wildman–Crippen MR) is 122 cm³/mol. The van der Waals surface area contributed by atoms with Crippen LogP contribution in [0.3, 0.4) is 0 Å². The van der Waals surface area contributed by atoms with Crippen LogP contribution in [0, 0.1) is 0 Å². The highest BCUT2D eigenvalue weighted by molar-refractivity contribution is 5.97. The van der Waals surface area contributed by atoms with Crippen LogP contribution in [-0.2, 0) is 12.6 Å². The van der Waals surface area contributed by atoms with Crippen LogP contribution >= 0.6 is 0 Å². The number of ketones is 1. The van der Waals surface area contributed by atoms with Gasteiger partial charge >= 0.3 is 6.18 Å². The first-order valence-electron chi connectivity index (χ1n) is 10.7. The van der Waals surface area contributed by atoms with E-state index in [9.17, 15) is 22.8 Å². The summed E-state index contributed by atoms with van der Waals surface area (Å²) < 4.78 is 48.3. The van der Waals surface area contributed by atoms with E-state index in [0.717, 1.165) is 12.1 Å². The number of Topliss-reactive ketones (excluding diaryl/α,β-unsaturated/α-hetero) is 1. The molecule has 35 heavy (non-hydrogen) atoms. The van der Waals surface area contributed by atoms with E-state index in [1.54, 1.807) is 38.4 Å². The number of ether oxygens (including phenoxy) is 2. The molecule has 0 aliphatic carbocycles. The third-order valence-electron chi connectivity index (χ3n) is 5.12. The second-order valence-electron chi connectivity index (χ2n) is 7.67. The average molecular weight is 487 g/mol. The average Bonchev–Trinajstić information content (AvgIpc) is 2.86. The number of alkyl halides is 3. The van der Waals surface area contributed by atoms with Crippen molar-refractivity contribution >= 4 is 11.7 Å². The standard InChI is InChI=1S/C25H24F3N3O4/c1-31(12-3-13-35-21-10-6-19(7-11-21)25(26,27)28)24(33)18-15-29-23(30-16-18)14-22(32)17-4-8-20(34-2)9-5-17/h4-11,15-16H,3,12-14H2,1-2H3. The maximum Gasteiger partial charge on any atom is 0.416 e. The molecule has 1 aromatic heterocycles. The van der Waals surface area contributed by atoms with E-state index in [1.165, 1.54) is 29.4 Å². The Hall–Kier alpha value is -3.95. The lowest BCUT2D eigenvalue weighted by Gasteiger charge is -2.17. The minimum absolute atomic E-state index is 0.00206. The minimum atomic E-state index is -4.39. The summed E-state index contributed by atoms with van der Waals surface area (Å²) in [7, 11) is 3.16. The summed E-state index contributed by atoms with van der Waals surface area (Å²) in [6, 6.07) is 11.1. The van der Waals surface area contributed by atoms with Gasteiger partial charge in [-0.05, 0) is 55.0 Å². The van der Waals surface area contributed by atoms with Crippen molar-refractivity contribution in [3.8, 4) is 11.5 Å². The van der Waals surface area contributed by atoms with Crippen molar-refractivity contribution < 1.29 is 32.2 Å². The molecule has 0 spiro atoms. The van der Waals surface area contributed by atoms with Crippen LogP contribution in [-0.4, -0.2) is 53.9 Å². The van der Waals surface area contributed by atoms with Crippen molar-refractivity contribution in [3.63, 3.8) is 0 Å². The second-order valence-corrected chi connectivity index (χ2v) is 7.67. The number of hydrogen-bond acceptors (Lipinski definition) is 6. The van der Waals surface area contributed by atoms with Gasteiger partial charge in [0.05, 0.1) is 31.3 Å². The molecule has 10 heteroatoms. The van der Waals surface area contributed by atoms with Gasteiger partial charge in [0.2, 0.25) is 0 Å². The Balaban J connectivity index is 1.45. The normalized spacial score (nSPS) is 11.1. The molecule has 0 radical (unpaired) electrons. The van der Waals surface area contributed by atoms with Crippen LogP contribution in [0.2, 0.25) is 0 Å². The first kappa shape index (κ1) is 25.7. The van der Waals surface area contributed by atoms with Crippen LogP contribution in [0.25, 0.3) is 0 Å². The van der Waals surface area contributed by atoms with Gasteiger partial charge in [-0.15, -0.1) is 0 Å². The number of nitrogens with zero attached hydrogens (tertiary/aromatic N) is 3. The van der Waals surface area contributed by atoms with Gasteiger partial charge in [0.1, 0.15) is 17.3 Å². The van der Waals surface area contributed by atoms with Crippen molar-refractivity contribution in [2.45, 2.75) is 19.0 Å². The Labute approximate surface area is 200 Å². The monoisotopic (exact) mass is 487 g/mol. The third kappa shape index (κ3) is 7.26. The molecule has 0 aliphatic rings. The van der Waals surface area contributed by atoms with Gasteiger partial charge in [-0.25, -0.2) is 9.97 Å². The molecule has 0 bridgehead atoms. The lowest BCUT2D eigenvalue weighted by molar-refractivity contribution is -0.137. The second kappa shape index (κ2) is 11.5. The summed E-state index contributed by atoms with van der Waals surface area (Å²) in [5.74, 6) is 0.815. The Morgan fingerprint density at radius 3 is 2.09 bits per heavy atom. The molecule has 0 unspecified atom stereocenters. The molecule has 184 valence electrons. The summed E-state index contributed by atoms with van der Waals surface area (Å²) in [5.41, 5.74) is 0.0399. The molecule has 1 heterocycles. The van der Waals surface area contributed by atoms with Crippen LogP contribution in [0.4, 0.5) is 13.2 Å². The number of hydrogen-bond donors (Lipinski definition) is 0. The van der Waals surface area contributed by atoms with Crippen molar-refractivity contribution in [2.24, 2.45) is 0 Å². The van der Waals surface area contributed by atoms with E-state index < -0.39 is 11.7 Å². The number of methoxy groups -OCH3 is 1. The fourth-order valence-electron chi connectivity index (χ4n) is 3.13. The molecule has 0 saturated heterocycles. The molecule has 3 rings (SSSR count). The molecule has 0 atom stereocenters. The van der Waals surface area contributed by atoms with Gasteiger partial charge in [0.15, 0.2) is 5.78 Å². The largest absolute Gasteiger partial charge is 0.497 e. The zero-order chi connectivity index (χ0) is 25.4. The molecule has 0 N–H and O–H groups in total. The molecule has 0 saturated carbocycles. The zero-order valence-corrected chi connectivity index (χ0v) is 19.2. The Kier molecular flexibility index (Phi) is 8.40. The number of carbonyl (C=O) groups excluding carboxylic acids is 2. The highest BCUT2D eigenvalue weighted by Gasteiger charge is 2.30. The summed E-state index contributed by atoms with van der Waals surface area (Å²) in [4.78, 5) is 34.7. The van der Waals surface area contributed by atoms with Gasteiger partial charge in [0, 0.05) is 31.5 Å². The van der Waals surface area contributed by atoms with E-state index in [2.05, 4.69) is 9.97 Å². The lowest BCUT2D eigenvalue weighted by Crippen LogP contribution is -2.29. The number of amides is 1. The highest BCUT2D eigenvalue weighted by Crippen LogP contribution is 2.30. The van der Waals surface area contributed by atoms with Gasteiger partial charge < -0.3 is 14.4 Å². The molecule has 0 fully saturated rings. The quantitative estimate of drug-likeness (QED) is 0.310. The minimum Gasteiger partial charge on any atom is -0.497 e. The van der Waals surface area contributed by atoms with Gasteiger partial charge in [-0.1, -0.05) is 0 Å². The van der Waals surface area contributed by atoms with Gasteiger partial charge in [0.25, 0.3) is 5.91 Å². The predicted octanol–water partition coefficient (Wildman–Crippen LogP) is 4.47. The number of carbonyl (C=O) groups is 2. The summed E-state index contributed by atoms with van der Waals surface area (Å²) in [5, 5.41) is 0. The van der Waals surface area contributed by atoms with E-state index >= 15 is 0 Å². The summed E-state index contributed by atoms with van der Waals surface area (Å²) in [6.07, 6.45) is -1.17.